The van der Waals surface area contributed by atoms with Crippen LogP contribution in [-0.4, -0.2) is 18.4 Å². The number of hydrogen-bond donors (Lipinski definition) is 2. The summed E-state index contributed by atoms with van der Waals surface area (Å²) in [5, 5.41) is 5.87. The number of anilines is 1. The molecule has 0 aromatic heterocycles. The van der Waals surface area contributed by atoms with Gasteiger partial charge in [0.05, 0.1) is 11.3 Å². The maximum Gasteiger partial charge on any atom is 0.256 e. The highest BCUT2D eigenvalue weighted by atomic mass is 32.2. The Labute approximate surface area is 201 Å². The molecule has 4 aromatic rings. The Morgan fingerprint density at radius 2 is 1.56 bits per heavy atom. The standard InChI is InChI=1S/C28H21FN2O2S/c29-22-12-9-20(10-13-22)19-7-5-18(6-8-19)15-16-30-27(32)21-11-14-26-24(17-21)31-28(33)23-3-1-2-4-25(23)34-26/h1-14,17H,15-16H2,(H,30,32)(H,31,33). The first-order chi connectivity index (χ1) is 16.6. The lowest BCUT2D eigenvalue weighted by molar-refractivity contribution is 0.0952. The summed E-state index contributed by atoms with van der Waals surface area (Å²) in [6, 6.07) is 27.2. The predicted molar refractivity (Wildman–Crippen MR) is 133 cm³/mol. The number of amides is 2. The Morgan fingerprint density at radius 1 is 0.853 bits per heavy atom. The summed E-state index contributed by atoms with van der Waals surface area (Å²) in [6.45, 7) is 0.484. The van der Waals surface area contributed by atoms with E-state index in [2.05, 4.69) is 10.6 Å². The zero-order chi connectivity index (χ0) is 23.5. The lowest BCUT2D eigenvalue weighted by Crippen LogP contribution is -2.25. The fourth-order valence-corrected chi connectivity index (χ4v) is 4.85. The molecule has 0 radical (unpaired) electrons. The van der Waals surface area contributed by atoms with Crippen LogP contribution in [0.4, 0.5) is 10.1 Å². The van der Waals surface area contributed by atoms with Crippen LogP contribution in [0.1, 0.15) is 26.3 Å². The molecule has 1 aliphatic rings. The fraction of sp³-hybridized carbons (Fsp3) is 0.0714. The molecular formula is C28H21FN2O2S. The van der Waals surface area contributed by atoms with Gasteiger partial charge >= 0.3 is 0 Å². The van der Waals surface area contributed by atoms with E-state index in [1.807, 2.05) is 48.5 Å². The zero-order valence-electron chi connectivity index (χ0n) is 18.2. The highest BCUT2D eigenvalue weighted by Gasteiger charge is 2.20. The normalized spacial score (nSPS) is 12.2. The van der Waals surface area contributed by atoms with Gasteiger partial charge in [-0.1, -0.05) is 60.3 Å². The second-order valence-electron chi connectivity index (χ2n) is 7.97. The van der Waals surface area contributed by atoms with Crippen molar-refractivity contribution in [1.29, 1.82) is 0 Å². The van der Waals surface area contributed by atoms with Crippen molar-refractivity contribution in [2.75, 3.05) is 11.9 Å². The van der Waals surface area contributed by atoms with Gasteiger partial charge in [-0.15, -0.1) is 0 Å². The van der Waals surface area contributed by atoms with Gasteiger partial charge in [0.1, 0.15) is 5.82 Å². The van der Waals surface area contributed by atoms with Crippen molar-refractivity contribution in [3.05, 3.63) is 114 Å². The fourth-order valence-electron chi connectivity index (χ4n) is 3.84. The van der Waals surface area contributed by atoms with Gasteiger partial charge in [0.25, 0.3) is 11.8 Å². The Kier molecular flexibility index (Phi) is 6.14. The first-order valence-electron chi connectivity index (χ1n) is 10.9. The van der Waals surface area contributed by atoms with Crippen LogP contribution in [-0.2, 0) is 6.42 Å². The maximum absolute atomic E-state index is 13.1. The van der Waals surface area contributed by atoms with Gasteiger partial charge in [0.15, 0.2) is 0 Å². The number of carbonyl (C=O) groups is 2. The maximum atomic E-state index is 13.1. The highest BCUT2D eigenvalue weighted by Crippen LogP contribution is 2.39. The molecule has 0 saturated carbocycles. The van der Waals surface area contributed by atoms with Crippen molar-refractivity contribution in [3.63, 3.8) is 0 Å². The second-order valence-corrected chi connectivity index (χ2v) is 9.06. The van der Waals surface area contributed by atoms with Crippen LogP contribution in [0.3, 0.4) is 0 Å². The molecular weight excluding hydrogens is 447 g/mol. The molecule has 4 aromatic carbocycles. The summed E-state index contributed by atoms with van der Waals surface area (Å²) in [4.78, 5) is 27.1. The third-order valence-electron chi connectivity index (χ3n) is 5.67. The van der Waals surface area contributed by atoms with Crippen molar-refractivity contribution in [3.8, 4) is 11.1 Å². The summed E-state index contributed by atoms with van der Waals surface area (Å²) < 4.78 is 13.1. The average Bonchev–Trinajstić information content (AvgIpc) is 3.00. The van der Waals surface area contributed by atoms with Crippen LogP contribution in [0, 0.1) is 5.82 Å². The summed E-state index contributed by atoms with van der Waals surface area (Å²) in [5.74, 6) is -0.618. The van der Waals surface area contributed by atoms with Crippen molar-refractivity contribution in [2.45, 2.75) is 16.2 Å². The molecule has 0 atom stereocenters. The van der Waals surface area contributed by atoms with Gasteiger partial charge in [-0.05, 0) is 65.6 Å². The topological polar surface area (TPSA) is 58.2 Å². The number of benzene rings is 4. The van der Waals surface area contributed by atoms with Gasteiger partial charge in [-0.2, -0.15) is 0 Å². The van der Waals surface area contributed by atoms with Crippen molar-refractivity contribution in [2.24, 2.45) is 0 Å². The quantitative estimate of drug-likeness (QED) is 0.368. The summed E-state index contributed by atoms with van der Waals surface area (Å²) in [5.41, 5.74) is 4.82. The van der Waals surface area contributed by atoms with Gasteiger partial charge in [-0.3, -0.25) is 9.59 Å². The minimum absolute atomic E-state index is 0.177. The second kappa shape index (κ2) is 9.53. The Balaban J connectivity index is 1.21. The first kappa shape index (κ1) is 21.9. The molecule has 0 saturated heterocycles. The van der Waals surface area contributed by atoms with Crippen molar-refractivity contribution >= 4 is 29.3 Å². The number of hydrogen-bond acceptors (Lipinski definition) is 3. The SMILES string of the molecule is O=C(NCCc1ccc(-c2ccc(F)cc2)cc1)c1ccc2c(c1)NC(=O)c1ccccc1S2. The molecule has 168 valence electrons. The number of halogens is 1. The lowest BCUT2D eigenvalue weighted by Gasteiger charge is -2.10. The molecule has 4 nitrogen and oxygen atoms in total. The monoisotopic (exact) mass is 468 g/mol. The summed E-state index contributed by atoms with van der Waals surface area (Å²) in [6.07, 6.45) is 0.683. The van der Waals surface area contributed by atoms with Gasteiger partial charge in [0, 0.05) is 21.9 Å². The predicted octanol–water partition coefficient (Wildman–Crippen LogP) is 6.18. The molecule has 5 rings (SSSR count). The largest absolute Gasteiger partial charge is 0.352 e. The Morgan fingerprint density at radius 3 is 2.32 bits per heavy atom. The van der Waals surface area contributed by atoms with E-state index in [0.29, 0.717) is 29.8 Å². The van der Waals surface area contributed by atoms with E-state index in [1.165, 1.54) is 23.9 Å². The third-order valence-corrected chi connectivity index (χ3v) is 6.82. The number of rotatable bonds is 5. The van der Waals surface area contributed by atoms with Crippen LogP contribution in [0.2, 0.25) is 0 Å². The van der Waals surface area contributed by atoms with Crippen molar-refractivity contribution in [1.82, 2.24) is 5.32 Å². The molecule has 2 amide bonds. The highest BCUT2D eigenvalue weighted by molar-refractivity contribution is 7.99. The van der Waals surface area contributed by atoms with Crippen LogP contribution in [0.5, 0.6) is 0 Å². The van der Waals surface area contributed by atoms with Crippen LogP contribution in [0.15, 0.2) is 101 Å². The van der Waals surface area contributed by atoms with Crippen LogP contribution in [0.25, 0.3) is 11.1 Å². The van der Waals surface area contributed by atoms with Gasteiger partial charge < -0.3 is 10.6 Å². The Hall–Kier alpha value is -3.90. The summed E-state index contributed by atoms with van der Waals surface area (Å²) >= 11 is 1.51. The summed E-state index contributed by atoms with van der Waals surface area (Å²) in [7, 11) is 0. The van der Waals surface area contributed by atoms with E-state index in [1.54, 1.807) is 30.3 Å². The minimum atomic E-state index is -0.253. The zero-order valence-corrected chi connectivity index (χ0v) is 19.0. The van der Waals surface area contributed by atoms with E-state index in [0.717, 1.165) is 26.5 Å². The van der Waals surface area contributed by atoms with Gasteiger partial charge in [-0.25, -0.2) is 4.39 Å². The molecule has 0 aliphatic carbocycles. The molecule has 2 N–H and O–H groups in total. The number of nitrogens with one attached hydrogen (secondary N) is 2. The van der Waals surface area contributed by atoms with E-state index < -0.39 is 0 Å². The number of carbonyl (C=O) groups excluding carboxylic acids is 2. The minimum Gasteiger partial charge on any atom is -0.352 e. The molecule has 0 fully saturated rings. The number of fused-ring (bicyclic) bond motifs is 2. The van der Waals surface area contributed by atoms with E-state index in [9.17, 15) is 14.0 Å². The average molecular weight is 469 g/mol. The molecule has 0 spiro atoms. The Bertz CT molecular complexity index is 1370. The van der Waals surface area contributed by atoms with Gasteiger partial charge in [0.2, 0.25) is 0 Å². The molecule has 0 unspecified atom stereocenters. The van der Waals surface area contributed by atoms with E-state index in [4.69, 9.17) is 0 Å². The molecule has 1 aliphatic heterocycles. The molecule has 6 heteroatoms. The van der Waals surface area contributed by atoms with E-state index >= 15 is 0 Å². The smallest absolute Gasteiger partial charge is 0.256 e. The van der Waals surface area contributed by atoms with E-state index in [-0.39, 0.29) is 17.6 Å². The van der Waals surface area contributed by atoms with Crippen LogP contribution >= 0.6 is 11.8 Å². The third kappa shape index (κ3) is 4.72. The van der Waals surface area contributed by atoms with Crippen molar-refractivity contribution < 1.29 is 14.0 Å². The first-order valence-corrected chi connectivity index (χ1v) is 11.7. The lowest BCUT2D eigenvalue weighted by atomic mass is 10.0. The van der Waals surface area contributed by atoms with Crippen LogP contribution < -0.4 is 10.6 Å². The molecule has 34 heavy (non-hydrogen) atoms. The molecule has 0 bridgehead atoms. The molecule has 1 heterocycles.